The molecule has 2 atom stereocenters. The number of phosphoric ester groups is 1. The Hall–Kier alpha value is -2.81. The van der Waals surface area contributed by atoms with Gasteiger partial charge in [-0.15, -0.1) is 0 Å². The lowest BCUT2D eigenvalue weighted by molar-refractivity contribution is -0.161. The molecule has 0 spiro atoms. The molecule has 296 valence electrons. The maximum atomic E-state index is 12.6. The summed E-state index contributed by atoms with van der Waals surface area (Å²) in [6.07, 6.45) is 44.9. The topological polar surface area (TPSA) is 120 Å². The third-order valence-corrected chi connectivity index (χ3v) is 8.48. The number of carbonyl (C=O) groups is 2. The van der Waals surface area contributed by atoms with Gasteiger partial charge in [0.2, 0.25) is 0 Å². The van der Waals surface area contributed by atoms with Crippen molar-refractivity contribution in [1.82, 2.24) is 5.32 Å². The van der Waals surface area contributed by atoms with Crippen LogP contribution in [0.5, 0.6) is 0 Å². The van der Waals surface area contributed by atoms with Gasteiger partial charge in [-0.1, -0.05) is 112 Å². The zero-order chi connectivity index (χ0) is 38.2. The van der Waals surface area contributed by atoms with Crippen LogP contribution in [0.4, 0.5) is 0 Å². The van der Waals surface area contributed by atoms with Crippen LogP contribution < -0.4 is 5.32 Å². The van der Waals surface area contributed by atoms with Crippen molar-refractivity contribution in [3.63, 3.8) is 0 Å². The fraction of sp³-hybridized carbons (Fsp3) is 0.619. The molecule has 9 nitrogen and oxygen atoms in total. The molecule has 10 heteroatoms. The fourth-order valence-corrected chi connectivity index (χ4v) is 5.30. The molecule has 2 N–H and O–H groups in total. The van der Waals surface area contributed by atoms with Crippen molar-refractivity contribution >= 4 is 19.8 Å². The minimum atomic E-state index is -4.37. The van der Waals surface area contributed by atoms with E-state index in [2.05, 4.69) is 104 Å². The standard InChI is InChI=1S/C42H70NO8P/c1-4-6-8-10-12-14-16-18-20-22-24-26-28-30-32-34-41(44)48-38-40(39-50-52(46,47)49-37-36-43-3)51-42(45)35-33-31-29-27-25-23-21-19-17-15-13-11-9-7-5-2/h7,9,12-15,18-21,24-27,40,43H,4-6,8,10-11,16-17,22-23,28-39H2,1-3H3,(H,46,47)/b9-7-,14-12-,15-13-,20-18-,21-19-,26-24-,27-25-. The van der Waals surface area contributed by atoms with E-state index in [1.54, 1.807) is 7.05 Å². The molecule has 0 aromatic carbocycles. The van der Waals surface area contributed by atoms with E-state index in [1.165, 1.54) is 19.3 Å². The average Bonchev–Trinajstić information content (AvgIpc) is 3.12. The monoisotopic (exact) mass is 747 g/mol. The van der Waals surface area contributed by atoms with Crippen LogP contribution >= 0.6 is 7.82 Å². The lowest BCUT2D eigenvalue weighted by Crippen LogP contribution is -2.29. The zero-order valence-electron chi connectivity index (χ0n) is 32.5. The lowest BCUT2D eigenvalue weighted by atomic mass is 10.1. The second kappa shape index (κ2) is 37.9. The number of likely N-dealkylation sites (N-methyl/N-ethyl adjacent to an activating group) is 1. The second-order valence-electron chi connectivity index (χ2n) is 12.4. The summed E-state index contributed by atoms with van der Waals surface area (Å²) in [5, 5.41) is 2.81. The van der Waals surface area contributed by atoms with Crippen LogP contribution in [0.3, 0.4) is 0 Å². The van der Waals surface area contributed by atoms with Crippen LogP contribution in [0.1, 0.15) is 129 Å². The summed E-state index contributed by atoms with van der Waals surface area (Å²) in [4.78, 5) is 34.9. The Bertz CT molecular complexity index is 1130. The SMILES string of the molecule is CC/C=C\C/C=C\C/C=C\C/C=C\CCCCC(=O)OC(COC(=O)CCCC/C=C\C/C=C\C/C=C\CCCCC)COP(=O)(O)OCCNC. The summed E-state index contributed by atoms with van der Waals surface area (Å²) in [5.41, 5.74) is 0. The zero-order valence-corrected chi connectivity index (χ0v) is 33.4. The highest BCUT2D eigenvalue weighted by molar-refractivity contribution is 7.47. The largest absolute Gasteiger partial charge is 0.472 e. The van der Waals surface area contributed by atoms with E-state index in [0.29, 0.717) is 19.4 Å². The van der Waals surface area contributed by atoms with E-state index in [9.17, 15) is 19.0 Å². The van der Waals surface area contributed by atoms with E-state index in [4.69, 9.17) is 18.5 Å². The average molecular weight is 748 g/mol. The molecule has 0 aromatic rings. The Morgan fingerprint density at radius 2 is 1.08 bits per heavy atom. The predicted molar refractivity (Wildman–Crippen MR) is 215 cm³/mol. The molecule has 0 aliphatic rings. The summed E-state index contributed by atoms with van der Waals surface area (Å²) >= 11 is 0. The molecule has 0 radical (unpaired) electrons. The molecule has 0 aromatic heterocycles. The summed E-state index contributed by atoms with van der Waals surface area (Å²) in [6.45, 7) is 3.95. The first-order valence-corrected chi connectivity index (χ1v) is 21.0. The van der Waals surface area contributed by atoms with Gasteiger partial charge in [0, 0.05) is 19.4 Å². The molecule has 0 saturated heterocycles. The first kappa shape index (κ1) is 49.2. The quantitative estimate of drug-likeness (QED) is 0.0282. The molecule has 52 heavy (non-hydrogen) atoms. The van der Waals surface area contributed by atoms with Gasteiger partial charge in [0.25, 0.3) is 0 Å². The van der Waals surface area contributed by atoms with Crippen LogP contribution in [-0.4, -0.2) is 56.3 Å². The number of allylic oxidation sites excluding steroid dienone is 14. The van der Waals surface area contributed by atoms with E-state index < -0.39 is 32.5 Å². The third-order valence-electron chi connectivity index (χ3n) is 7.50. The molecule has 0 bridgehead atoms. The summed E-state index contributed by atoms with van der Waals surface area (Å²) in [5.74, 6) is -0.912. The van der Waals surface area contributed by atoms with Gasteiger partial charge in [0.1, 0.15) is 6.61 Å². The maximum Gasteiger partial charge on any atom is 0.472 e. The Balaban J connectivity index is 4.45. The highest BCUT2D eigenvalue weighted by atomic mass is 31.2. The van der Waals surface area contributed by atoms with Crippen LogP contribution in [0, 0.1) is 0 Å². The molecule has 2 unspecified atom stereocenters. The number of hydrogen-bond acceptors (Lipinski definition) is 8. The van der Waals surface area contributed by atoms with Crippen molar-refractivity contribution in [2.75, 3.05) is 33.4 Å². The van der Waals surface area contributed by atoms with Gasteiger partial charge >= 0.3 is 19.8 Å². The van der Waals surface area contributed by atoms with Crippen molar-refractivity contribution in [2.24, 2.45) is 0 Å². The normalized spacial score (nSPS) is 14.3. The maximum absolute atomic E-state index is 12.6. The lowest BCUT2D eigenvalue weighted by Gasteiger charge is -2.20. The van der Waals surface area contributed by atoms with E-state index >= 15 is 0 Å². The molecule has 0 amide bonds. The number of unbranched alkanes of at least 4 members (excludes halogenated alkanes) is 7. The summed E-state index contributed by atoms with van der Waals surface area (Å²) < 4.78 is 33.0. The van der Waals surface area contributed by atoms with Crippen molar-refractivity contribution < 1.29 is 37.6 Å². The Kier molecular flexibility index (Phi) is 35.9. The van der Waals surface area contributed by atoms with Crippen molar-refractivity contribution in [2.45, 2.75) is 136 Å². The Morgan fingerprint density at radius 1 is 0.615 bits per heavy atom. The van der Waals surface area contributed by atoms with Gasteiger partial charge in [-0.3, -0.25) is 18.6 Å². The highest BCUT2D eigenvalue weighted by Gasteiger charge is 2.26. The smallest absolute Gasteiger partial charge is 0.462 e. The Morgan fingerprint density at radius 3 is 1.56 bits per heavy atom. The van der Waals surface area contributed by atoms with Gasteiger partial charge in [-0.25, -0.2) is 4.57 Å². The second-order valence-corrected chi connectivity index (χ2v) is 13.8. The number of nitrogens with one attached hydrogen (secondary N) is 1. The number of rotatable bonds is 35. The number of ether oxygens (including phenoxy) is 2. The van der Waals surface area contributed by atoms with E-state index in [0.717, 1.165) is 70.6 Å². The first-order valence-electron chi connectivity index (χ1n) is 19.5. The predicted octanol–water partition coefficient (Wildman–Crippen LogP) is 10.7. The molecule has 0 saturated carbocycles. The van der Waals surface area contributed by atoms with Crippen molar-refractivity contribution in [1.29, 1.82) is 0 Å². The van der Waals surface area contributed by atoms with Gasteiger partial charge in [0.15, 0.2) is 6.10 Å². The number of hydrogen-bond donors (Lipinski definition) is 2. The van der Waals surface area contributed by atoms with Crippen molar-refractivity contribution in [3.8, 4) is 0 Å². The third kappa shape index (κ3) is 37.0. The molecule has 0 aliphatic carbocycles. The minimum absolute atomic E-state index is 0.0360. The first-order chi connectivity index (χ1) is 25.3. The fourth-order valence-electron chi connectivity index (χ4n) is 4.55. The van der Waals surface area contributed by atoms with Crippen LogP contribution in [0.15, 0.2) is 85.1 Å². The van der Waals surface area contributed by atoms with Gasteiger partial charge < -0.3 is 19.7 Å². The highest BCUT2D eigenvalue weighted by Crippen LogP contribution is 2.43. The minimum Gasteiger partial charge on any atom is -0.462 e. The van der Waals surface area contributed by atoms with Crippen LogP contribution in [0.25, 0.3) is 0 Å². The number of carbonyl (C=O) groups excluding carboxylic acids is 2. The van der Waals surface area contributed by atoms with Gasteiger partial charge in [-0.05, 0) is 96.9 Å². The summed E-state index contributed by atoms with van der Waals surface area (Å²) in [7, 11) is -2.68. The molecule has 0 rings (SSSR count). The molecule has 0 heterocycles. The molecular weight excluding hydrogens is 677 g/mol. The van der Waals surface area contributed by atoms with E-state index in [1.807, 2.05) is 0 Å². The molecule has 0 fully saturated rings. The van der Waals surface area contributed by atoms with E-state index in [-0.39, 0.29) is 26.1 Å². The van der Waals surface area contributed by atoms with Gasteiger partial charge in [0.05, 0.1) is 13.2 Å². The van der Waals surface area contributed by atoms with Crippen molar-refractivity contribution in [3.05, 3.63) is 85.1 Å². The van der Waals surface area contributed by atoms with Gasteiger partial charge in [-0.2, -0.15) is 0 Å². The summed E-state index contributed by atoms with van der Waals surface area (Å²) in [6, 6.07) is 0. The Labute approximate surface area is 316 Å². The number of esters is 2. The van der Waals surface area contributed by atoms with Crippen LogP contribution in [0.2, 0.25) is 0 Å². The molecule has 0 aliphatic heterocycles. The number of phosphoric acid groups is 1. The molecular formula is C42H70NO8P. The van der Waals surface area contributed by atoms with Crippen LogP contribution in [-0.2, 0) is 32.7 Å².